The van der Waals surface area contributed by atoms with Gasteiger partial charge in [-0.25, -0.2) is 0 Å². The van der Waals surface area contributed by atoms with E-state index in [-0.39, 0.29) is 11.9 Å². The van der Waals surface area contributed by atoms with Crippen molar-refractivity contribution < 1.29 is 4.79 Å². The minimum Gasteiger partial charge on any atom is -0.354 e. The summed E-state index contributed by atoms with van der Waals surface area (Å²) in [6, 6.07) is -0.320. The molecule has 0 aromatic heterocycles. The quantitative estimate of drug-likeness (QED) is 0.802. The number of hydrogen-bond donors (Lipinski definition) is 2. The lowest BCUT2D eigenvalue weighted by Gasteiger charge is -2.57. The summed E-state index contributed by atoms with van der Waals surface area (Å²) < 4.78 is 0. The molecule has 0 saturated heterocycles. The van der Waals surface area contributed by atoms with Crippen LogP contribution in [0, 0.1) is 23.2 Å². The first-order valence-corrected chi connectivity index (χ1v) is 7.63. The average molecular weight is 250 g/mol. The van der Waals surface area contributed by atoms with E-state index < -0.39 is 0 Å². The van der Waals surface area contributed by atoms with Gasteiger partial charge in [0.05, 0.1) is 6.04 Å². The fraction of sp³-hybridized carbons (Fsp3) is 0.933. The number of amides is 1. The first-order valence-electron chi connectivity index (χ1n) is 7.63. The highest BCUT2D eigenvalue weighted by Crippen LogP contribution is 2.59. The molecule has 1 unspecified atom stereocenters. The highest BCUT2D eigenvalue weighted by molar-refractivity contribution is 5.81. The number of nitrogens with two attached hydrogens (primary N) is 1. The Kier molecular flexibility index (Phi) is 3.13. The van der Waals surface area contributed by atoms with Crippen LogP contribution in [0.1, 0.15) is 51.9 Å². The molecule has 4 saturated carbocycles. The fourth-order valence-corrected chi connectivity index (χ4v) is 5.10. The van der Waals surface area contributed by atoms with Crippen molar-refractivity contribution in [2.75, 3.05) is 6.54 Å². The molecule has 4 fully saturated rings. The SMILES string of the molecule is CCC(N)C(=O)NCC12CC3CC(CC(C3)C1)C2. The highest BCUT2D eigenvalue weighted by atomic mass is 16.2. The van der Waals surface area contributed by atoms with Crippen LogP contribution in [0.3, 0.4) is 0 Å². The molecule has 0 heterocycles. The van der Waals surface area contributed by atoms with Crippen LogP contribution in [0.25, 0.3) is 0 Å². The molecule has 3 heteroatoms. The predicted molar refractivity (Wildman–Crippen MR) is 71.9 cm³/mol. The molecule has 3 nitrogen and oxygen atoms in total. The lowest BCUT2D eigenvalue weighted by atomic mass is 9.49. The maximum absolute atomic E-state index is 11.8. The molecule has 4 aliphatic rings. The van der Waals surface area contributed by atoms with Gasteiger partial charge in [0.15, 0.2) is 0 Å². The van der Waals surface area contributed by atoms with Crippen molar-refractivity contribution in [3.05, 3.63) is 0 Å². The lowest BCUT2D eigenvalue weighted by molar-refractivity contribution is -0.124. The molecule has 1 amide bonds. The molecule has 4 rings (SSSR count). The second-order valence-electron chi connectivity index (χ2n) is 7.15. The summed E-state index contributed by atoms with van der Waals surface area (Å²) in [5.41, 5.74) is 6.21. The van der Waals surface area contributed by atoms with Crippen LogP contribution in [0.4, 0.5) is 0 Å². The number of hydrogen-bond acceptors (Lipinski definition) is 2. The topological polar surface area (TPSA) is 55.1 Å². The van der Waals surface area contributed by atoms with Gasteiger partial charge >= 0.3 is 0 Å². The van der Waals surface area contributed by atoms with Crippen molar-refractivity contribution in [2.45, 2.75) is 57.9 Å². The zero-order valence-corrected chi connectivity index (χ0v) is 11.5. The molecular formula is C15H26N2O. The summed E-state index contributed by atoms with van der Waals surface area (Å²) in [6.45, 7) is 2.85. The van der Waals surface area contributed by atoms with Crippen LogP contribution in [0.15, 0.2) is 0 Å². The van der Waals surface area contributed by atoms with Crippen LogP contribution in [-0.2, 0) is 4.79 Å². The van der Waals surface area contributed by atoms with Crippen molar-refractivity contribution in [2.24, 2.45) is 28.9 Å². The third-order valence-corrected chi connectivity index (χ3v) is 5.58. The highest BCUT2D eigenvalue weighted by Gasteiger charge is 2.50. The summed E-state index contributed by atoms with van der Waals surface area (Å²) in [5, 5.41) is 3.13. The summed E-state index contributed by atoms with van der Waals surface area (Å²) in [6.07, 6.45) is 9.15. The van der Waals surface area contributed by atoms with E-state index in [2.05, 4.69) is 5.32 Å². The van der Waals surface area contributed by atoms with Gasteiger partial charge in [-0.05, 0) is 68.1 Å². The molecule has 0 aromatic rings. The van der Waals surface area contributed by atoms with Crippen molar-refractivity contribution in [3.63, 3.8) is 0 Å². The molecule has 0 radical (unpaired) electrons. The van der Waals surface area contributed by atoms with E-state index in [0.717, 1.165) is 30.7 Å². The molecule has 0 aromatic carbocycles. The monoisotopic (exact) mass is 250 g/mol. The van der Waals surface area contributed by atoms with Gasteiger partial charge in [0.2, 0.25) is 5.91 Å². The average Bonchev–Trinajstić information content (AvgIpc) is 2.33. The van der Waals surface area contributed by atoms with Gasteiger partial charge in [-0.3, -0.25) is 4.79 Å². The molecular weight excluding hydrogens is 224 g/mol. The minimum atomic E-state index is -0.320. The third kappa shape index (κ3) is 2.18. The summed E-state index contributed by atoms with van der Waals surface area (Å²) >= 11 is 0. The van der Waals surface area contributed by atoms with Gasteiger partial charge < -0.3 is 11.1 Å². The first-order chi connectivity index (χ1) is 8.60. The van der Waals surface area contributed by atoms with E-state index in [1.807, 2.05) is 6.92 Å². The zero-order chi connectivity index (χ0) is 12.8. The Balaban J connectivity index is 1.61. The number of rotatable bonds is 4. The molecule has 0 spiro atoms. The van der Waals surface area contributed by atoms with E-state index in [1.165, 1.54) is 38.5 Å². The van der Waals surface area contributed by atoms with Gasteiger partial charge in [0.1, 0.15) is 0 Å². The molecule has 102 valence electrons. The van der Waals surface area contributed by atoms with Crippen molar-refractivity contribution in [1.82, 2.24) is 5.32 Å². The Hall–Kier alpha value is -0.570. The van der Waals surface area contributed by atoms with E-state index in [1.54, 1.807) is 0 Å². The van der Waals surface area contributed by atoms with E-state index in [0.29, 0.717) is 5.41 Å². The van der Waals surface area contributed by atoms with Crippen LogP contribution in [0.5, 0.6) is 0 Å². The van der Waals surface area contributed by atoms with Crippen molar-refractivity contribution in [3.8, 4) is 0 Å². The number of carbonyl (C=O) groups is 1. The normalized spacial score (nSPS) is 42.9. The van der Waals surface area contributed by atoms with Crippen LogP contribution in [-0.4, -0.2) is 18.5 Å². The first kappa shape index (κ1) is 12.5. The number of nitrogens with one attached hydrogen (secondary N) is 1. The summed E-state index contributed by atoms with van der Waals surface area (Å²) in [4.78, 5) is 11.8. The Labute approximate surface area is 110 Å². The Morgan fingerprint density at radius 1 is 1.22 bits per heavy atom. The van der Waals surface area contributed by atoms with Gasteiger partial charge in [-0.2, -0.15) is 0 Å². The molecule has 1 atom stereocenters. The fourth-order valence-electron chi connectivity index (χ4n) is 5.10. The molecule has 4 bridgehead atoms. The molecule has 3 N–H and O–H groups in total. The van der Waals surface area contributed by atoms with E-state index >= 15 is 0 Å². The van der Waals surface area contributed by atoms with Crippen molar-refractivity contribution >= 4 is 5.91 Å². The molecule has 18 heavy (non-hydrogen) atoms. The van der Waals surface area contributed by atoms with E-state index in [4.69, 9.17) is 5.73 Å². The van der Waals surface area contributed by atoms with Crippen molar-refractivity contribution in [1.29, 1.82) is 0 Å². The second kappa shape index (κ2) is 4.52. The van der Waals surface area contributed by atoms with E-state index in [9.17, 15) is 4.79 Å². The summed E-state index contributed by atoms with van der Waals surface area (Å²) in [5.74, 6) is 2.90. The molecule has 0 aliphatic heterocycles. The Morgan fingerprint density at radius 3 is 2.17 bits per heavy atom. The number of carbonyl (C=O) groups excluding carboxylic acids is 1. The minimum absolute atomic E-state index is 0.0493. The lowest BCUT2D eigenvalue weighted by Crippen LogP contribution is -2.52. The molecule has 4 aliphatic carbocycles. The van der Waals surface area contributed by atoms with Gasteiger partial charge in [0, 0.05) is 6.54 Å². The van der Waals surface area contributed by atoms with Gasteiger partial charge in [0.25, 0.3) is 0 Å². The zero-order valence-electron chi connectivity index (χ0n) is 11.5. The second-order valence-corrected chi connectivity index (χ2v) is 7.15. The Morgan fingerprint density at radius 2 is 1.72 bits per heavy atom. The van der Waals surface area contributed by atoms with Crippen LogP contribution < -0.4 is 11.1 Å². The largest absolute Gasteiger partial charge is 0.354 e. The van der Waals surface area contributed by atoms with Crippen LogP contribution in [0.2, 0.25) is 0 Å². The van der Waals surface area contributed by atoms with Crippen LogP contribution >= 0.6 is 0 Å². The smallest absolute Gasteiger partial charge is 0.236 e. The van der Waals surface area contributed by atoms with Gasteiger partial charge in [-0.15, -0.1) is 0 Å². The predicted octanol–water partition coefficient (Wildman–Crippen LogP) is 2.06. The maximum Gasteiger partial charge on any atom is 0.236 e. The third-order valence-electron chi connectivity index (χ3n) is 5.58. The Bertz CT molecular complexity index is 304. The summed E-state index contributed by atoms with van der Waals surface area (Å²) in [7, 11) is 0. The standard InChI is InChI=1S/C15H26N2O/c1-2-13(16)14(18)17-9-15-6-10-3-11(7-15)5-12(4-10)8-15/h10-13H,2-9,16H2,1H3,(H,17,18). The van der Waals surface area contributed by atoms with Gasteiger partial charge in [-0.1, -0.05) is 6.92 Å². The maximum atomic E-state index is 11.8.